The third-order valence-corrected chi connectivity index (χ3v) is 4.64. The molecule has 0 radical (unpaired) electrons. The Morgan fingerprint density at radius 3 is 2.07 bits per heavy atom. The van der Waals surface area contributed by atoms with Gasteiger partial charge < -0.3 is 15.3 Å². The molecule has 0 aromatic heterocycles. The van der Waals surface area contributed by atoms with E-state index in [1.165, 1.54) is 18.1 Å². The first kappa shape index (κ1) is 22.9. The van der Waals surface area contributed by atoms with Crippen molar-refractivity contribution in [2.45, 2.75) is 39.0 Å². The van der Waals surface area contributed by atoms with Gasteiger partial charge in [0.2, 0.25) is 0 Å². The van der Waals surface area contributed by atoms with Crippen molar-refractivity contribution < 1.29 is 24.3 Å². The molecule has 0 aliphatic carbocycles. The van der Waals surface area contributed by atoms with Crippen molar-refractivity contribution in [1.29, 1.82) is 0 Å². The molecule has 0 fully saturated rings. The summed E-state index contributed by atoms with van der Waals surface area (Å²) in [6.45, 7) is 1.42. The topological polar surface area (TPSA) is 105 Å². The average Bonchev–Trinajstić information content (AvgIpc) is 2.75. The molecular formula is C23H28N2O5. The molecule has 0 aliphatic heterocycles. The first-order chi connectivity index (χ1) is 14.4. The lowest BCUT2D eigenvalue weighted by molar-refractivity contribution is -0.161. The molecule has 30 heavy (non-hydrogen) atoms. The molecule has 1 atom stereocenters. The second-order valence-corrected chi connectivity index (χ2v) is 7.22. The fraction of sp³-hybridized carbons (Fsp3) is 0.348. The zero-order chi connectivity index (χ0) is 21.8. The average molecular weight is 412 g/mol. The minimum Gasteiger partial charge on any atom is -0.465 e. The minimum absolute atomic E-state index is 0.0865. The van der Waals surface area contributed by atoms with Gasteiger partial charge >= 0.3 is 12.1 Å². The van der Waals surface area contributed by atoms with E-state index in [-0.39, 0.29) is 13.0 Å². The van der Waals surface area contributed by atoms with Gasteiger partial charge in [-0.2, -0.15) is 5.48 Å². The first-order valence-electron chi connectivity index (χ1n) is 10.0. The van der Waals surface area contributed by atoms with Crippen molar-refractivity contribution in [2.24, 2.45) is 5.92 Å². The SMILES string of the molecule is CC(CNC(=O)O)C(=O)ONC(=O)Cc1ccc(CCCCc2ccccc2)cc1. The van der Waals surface area contributed by atoms with Gasteiger partial charge in [0.1, 0.15) is 0 Å². The molecule has 2 aromatic carbocycles. The third-order valence-electron chi connectivity index (χ3n) is 4.64. The van der Waals surface area contributed by atoms with E-state index in [9.17, 15) is 14.4 Å². The lowest BCUT2D eigenvalue weighted by atomic mass is 10.0. The molecular weight excluding hydrogens is 384 g/mol. The molecule has 2 aromatic rings. The molecule has 1 unspecified atom stereocenters. The molecule has 160 valence electrons. The molecule has 7 heteroatoms. The van der Waals surface area contributed by atoms with Crippen LogP contribution >= 0.6 is 0 Å². The van der Waals surface area contributed by atoms with Crippen molar-refractivity contribution in [1.82, 2.24) is 10.8 Å². The zero-order valence-electron chi connectivity index (χ0n) is 17.1. The van der Waals surface area contributed by atoms with Crippen molar-refractivity contribution in [3.8, 4) is 0 Å². The molecule has 2 rings (SSSR count). The maximum Gasteiger partial charge on any atom is 0.404 e. The Morgan fingerprint density at radius 1 is 0.900 bits per heavy atom. The Bertz CT molecular complexity index is 821. The normalized spacial score (nSPS) is 11.4. The van der Waals surface area contributed by atoms with Crippen LogP contribution in [-0.4, -0.2) is 29.6 Å². The minimum atomic E-state index is -1.22. The van der Waals surface area contributed by atoms with Gasteiger partial charge in [-0.15, -0.1) is 0 Å². The highest BCUT2D eigenvalue weighted by atomic mass is 16.7. The van der Waals surface area contributed by atoms with Gasteiger partial charge in [-0.1, -0.05) is 61.5 Å². The lowest BCUT2D eigenvalue weighted by Crippen LogP contribution is -2.35. The van der Waals surface area contributed by atoms with Crippen LogP contribution in [0.25, 0.3) is 0 Å². The second kappa shape index (κ2) is 12.3. The van der Waals surface area contributed by atoms with E-state index in [0.29, 0.717) is 0 Å². The van der Waals surface area contributed by atoms with E-state index in [0.717, 1.165) is 31.2 Å². The summed E-state index contributed by atoms with van der Waals surface area (Å²) >= 11 is 0. The zero-order valence-corrected chi connectivity index (χ0v) is 17.1. The summed E-state index contributed by atoms with van der Waals surface area (Å²) < 4.78 is 0. The van der Waals surface area contributed by atoms with Gasteiger partial charge in [0.25, 0.3) is 5.91 Å². The van der Waals surface area contributed by atoms with Crippen LogP contribution in [0.2, 0.25) is 0 Å². The maximum atomic E-state index is 11.9. The molecule has 0 saturated carbocycles. The fourth-order valence-corrected chi connectivity index (χ4v) is 2.88. The number of benzene rings is 2. The molecule has 7 nitrogen and oxygen atoms in total. The highest BCUT2D eigenvalue weighted by molar-refractivity contribution is 5.80. The Balaban J connectivity index is 1.66. The smallest absolute Gasteiger partial charge is 0.404 e. The predicted octanol–water partition coefficient (Wildman–Crippen LogP) is 3.27. The molecule has 0 bridgehead atoms. The highest BCUT2D eigenvalue weighted by Crippen LogP contribution is 2.11. The van der Waals surface area contributed by atoms with Gasteiger partial charge in [0.15, 0.2) is 0 Å². The Kier molecular flexibility index (Phi) is 9.37. The van der Waals surface area contributed by atoms with Gasteiger partial charge in [-0.3, -0.25) is 4.79 Å². The van der Waals surface area contributed by atoms with E-state index in [4.69, 9.17) is 9.94 Å². The summed E-state index contributed by atoms with van der Waals surface area (Å²) in [6.07, 6.45) is 3.14. The molecule has 3 N–H and O–H groups in total. The number of hydroxylamine groups is 1. The number of nitrogens with one attached hydrogen (secondary N) is 2. The number of carbonyl (C=O) groups is 3. The van der Waals surface area contributed by atoms with Crippen LogP contribution in [-0.2, 0) is 33.7 Å². The van der Waals surface area contributed by atoms with Crippen molar-refractivity contribution in [2.75, 3.05) is 6.54 Å². The number of carboxylic acid groups (broad SMARTS) is 1. The summed E-state index contributed by atoms with van der Waals surface area (Å²) in [7, 11) is 0. The molecule has 0 heterocycles. The van der Waals surface area contributed by atoms with Crippen molar-refractivity contribution in [3.05, 3.63) is 71.3 Å². The number of hydrogen-bond donors (Lipinski definition) is 3. The van der Waals surface area contributed by atoms with Gasteiger partial charge in [0.05, 0.1) is 12.3 Å². The maximum absolute atomic E-state index is 11.9. The molecule has 0 aliphatic rings. The number of carbonyl (C=O) groups excluding carboxylic acids is 2. The largest absolute Gasteiger partial charge is 0.465 e. The third kappa shape index (κ3) is 8.77. The number of aryl methyl sites for hydroxylation is 2. The van der Waals surface area contributed by atoms with Crippen LogP contribution in [0.15, 0.2) is 54.6 Å². The molecule has 2 amide bonds. The van der Waals surface area contributed by atoms with Crippen molar-refractivity contribution in [3.63, 3.8) is 0 Å². The number of hydrogen-bond acceptors (Lipinski definition) is 4. The van der Waals surface area contributed by atoms with Gasteiger partial charge in [-0.25, -0.2) is 9.59 Å². The standard InChI is InChI=1S/C23H28N2O5/c1-17(16-24-23(28)29)22(27)30-25-21(26)15-20-13-11-19(12-14-20)10-6-5-9-18-7-3-2-4-8-18/h2-4,7-8,11-14,17,24H,5-6,9-10,15-16H2,1H3,(H,25,26)(H,28,29). The summed E-state index contributed by atoms with van der Waals surface area (Å²) in [6, 6.07) is 18.2. The number of rotatable bonds is 10. The van der Waals surface area contributed by atoms with Crippen LogP contribution in [0.1, 0.15) is 36.5 Å². The van der Waals surface area contributed by atoms with Crippen LogP contribution in [0, 0.1) is 5.92 Å². The Hall–Kier alpha value is -3.35. The van der Waals surface area contributed by atoms with E-state index < -0.39 is 23.9 Å². The van der Waals surface area contributed by atoms with E-state index in [2.05, 4.69) is 35.1 Å². The van der Waals surface area contributed by atoms with Crippen LogP contribution < -0.4 is 10.8 Å². The summed E-state index contributed by atoms with van der Waals surface area (Å²) in [5, 5.41) is 10.6. The summed E-state index contributed by atoms with van der Waals surface area (Å²) in [5.41, 5.74) is 5.50. The van der Waals surface area contributed by atoms with E-state index in [1.54, 1.807) is 0 Å². The van der Waals surface area contributed by atoms with Crippen molar-refractivity contribution >= 4 is 18.0 Å². The quantitative estimate of drug-likeness (QED) is 0.410. The predicted molar refractivity (Wildman–Crippen MR) is 113 cm³/mol. The highest BCUT2D eigenvalue weighted by Gasteiger charge is 2.17. The van der Waals surface area contributed by atoms with Gasteiger partial charge in [-0.05, 0) is 42.4 Å². The van der Waals surface area contributed by atoms with Gasteiger partial charge in [0, 0.05) is 6.54 Å². The summed E-state index contributed by atoms with van der Waals surface area (Å²) in [4.78, 5) is 38.8. The van der Waals surface area contributed by atoms with Crippen LogP contribution in [0.3, 0.4) is 0 Å². The lowest BCUT2D eigenvalue weighted by Gasteiger charge is -2.11. The van der Waals surface area contributed by atoms with E-state index in [1.807, 2.05) is 30.3 Å². The molecule has 0 spiro atoms. The molecule has 0 saturated heterocycles. The monoisotopic (exact) mass is 412 g/mol. The fourth-order valence-electron chi connectivity index (χ4n) is 2.88. The second-order valence-electron chi connectivity index (χ2n) is 7.22. The Labute approximate surface area is 176 Å². The number of unbranched alkanes of at least 4 members (excludes halogenated alkanes) is 1. The first-order valence-corrected chi connectivity index (χ1v) is 10.0. The van der Waals surface area contributed by atoms with Crippen LogP contribution in [0.5, 0.6) is 0 Å². The number of amides is 2. The Morgan fingerprint density at radius 2 is 1.47 bits per heavy atom. The van der Waals surface area contributed by atoms with E-state index >= 15 is 0 Å². The van der Waals surface area contributed by atoms with Crippen LogP contribution in [0.4, 0.5) is 4.79 Å². The summed E-state index contributed by atoms with van der Waals surface area (Å²) in [5.74, 6) is -1.86.